The molecule has 160 valence electrons. The Morgan fingerprint density at radius 2 is 1.71 bits per heavy atom. The first-order valence-corrected chi connectivity index (χ1v) is 10.5. The summed E-state index contributed by atoms with van der Waals surface area (Å²) in [6, 6.07) is 19.3. The topological polar surface area (TPSA) is 30.3 Å². The molecule has 31 heavy (non-hydrogen) atoms. The van der Waals surface area contributed by atoms with Gasteiger partial charge in [-0.05, 0) is 60.7 Å². The molecule has 0 radical (unpaired) electrons. The van der Waals surface area contributed by atoms with Gasteiger partial charge in [0.25, 0.3) is 0 Å². The first kappa shape index (κ1) is 21.3. The minimum Gasteiger partial charge on any atom is -0.497 e. The molecule has 1 aliphatic rings. The zero-order valence-electron chi connectivity index (χ0n) is 18.3. The van der Waals surface area contributed by atoms with E-state index >= 15 is 0 Å². The van der Waals surface area contributed by atoms with E-state index in [1.807, 2.05) is 18.3 Å². The van der Waals surface area contributed by atoms with Crippen molar-refractivity contribution >= 4 is 29.1 Å². The highest BCUT2D eigenvalue weighted by Crippen LogP contribution is 2.34. The van der Waals surface area contributed by atoms with E-state index in [1.54, 1.807) is 7.11 Å². The monoisotopic (exact) mass is 433 g/mol. The molecule has 3 heterocycles. The van der Waals surface area contributed by atoms with Crippen molar-refractivity contribution in [3.63, 3.8) is 0 Å². The molecule has 0 N–H and O–H groups in total. The van der Waals surface area contributed by atoms with Crippen LogP contribution in [-0.2, 0) is 19.5 Å². The lowest BCUT2D eigenvalue weighted by Gasteiger charge is -2.30. The quantitative estimate of drug-likeness (QED) is 0.414. The van der Waals surface area contributed by atoms with Gasteiger partial charge in [-0.25, -0.2) is 4.98 Å². The summed E-state index contributed by atoms with van der Waals surface area (Å²) in [5.41, 5.74) is 8.00. The molecule has 0 fully saturated rings. The lowest BCUT2D eigenvalue weighted by atomic mass is 10.00. The van der Waals surface area contributed by atoms with Crippen molar-refractivity contribution in [2.24, 2.45) is 0 Å². The zero-order chi connectivity index (χ0) is 20.7. The first-order chi connectivity index (χ1) is 14.7. The SMILES string of the molecule is COc1ccc(Cn2c(C)c(C)c3ccnc(N4CCc5ccccc5C4)c32)cc1.Cl. The number of pyridine rings is 1. The summed E-state index contributed by atoms with van der Waals surface area (Å²) in [4.78, 5) is 7.31. The fourth-order valence-corrected chi connectivity index (χ4v) is 4.60. The van der Waals surface area contributed by atoms with Crippen LogP contribution in [0.5, 0.6) is 5.75 Å². The van der Waals surface area contributed by atoms with E-state index in [-0.39, 0.29) is 12.4 Å². The van der Waals surface area contributed by atoms with Crippen LogP contribution in [0.3, 0.4) is 0 Å². The summed E-state index contributed by atoms with van der Waals surface area (Å²) >= 11 is 0. The second-order valence-electron chi connectivity index (χ2n) is 8.12. The van der Waals surface area contributed by atoms with Gasteiger partial charge < -0.3 is 14.2 Å². The molecule has 0 bridgehead atoms. The number of methoxy groups -OCH3 is 1. The molecule has 0 aliphatic carbocycles. The molecule has 4 aromatic rings. The summed E-state index contributed by atoms with van der Waals surface area (Å²) in [6.45, 7) is 7.16. The van der Waals surface area contributed by atoms with Crippen LogP contribution >= 0.6 is 12.4 Å². The van der Waals surface area contributed by atoms with E-state index in [0.717, 1.165) is 37.6 Å². The van der Waals surface area contributed by atoms with Gasteiger partial charge in [-0.2, -0.15) is 0 Å². The van der Waals surface area contributed by atoms with Crippen molar-refractivity contribution in [1.29, 1.82) is 0 Å². The summed E-state index contributed by atoms with van der Waals surface area (Å²) in [5.74, 6) is 1.98. The van der Waals surface area contributed by atoms with Crippen LogP contribution in [0, 0.1) is 13.8 Å². The Hall–Kier alpha value is -2.98. The number of hydrogen-bond acceptors (Lipinski definition) is 3. The highest BCUT2D eigenvalue weighted by atomic mass is 35.5. The third kappa shape index (κ3) is 3.77. The molecule has 1 aliphatic heterocycles. The Bertz CT molecular complexity index is 1210. The second kappa shape index (κ2) is 8.64. The van der Waals surface area contributed by atoms with Crippen LogP contribution in [0.2, 0.25) is 0 Å². The van der Waals surface area contributed by atoms with Gasteiger partial charge in [0.15, 0.2) is 5.82 Å². The highest BCUT2D eigenvalue weighted by Gasteiger charge is 2.22. The highest BCUT2D eigenvalue weighted by molar-refractivity contribution is 5.93. The number of aromatic nitrogens is 2. The molecular formula is C26H28ClN3O. The smallest absolute Gasteiger partial charge is 0.153 e. The lowest BCUT2D eigenvalue weighted by Crippen LogP contribution is -2.31. The third-order valence-electron chi connectivity index (χ3n) is 6.46. The van der Waals surface area contributed by atoms with Crippen molar-refractivity contribution in [3.8, 4) is 5.75 Å². The molecular weight excluding hydrogens is 406 g/mol. The van der Waals surface area contributed by atoms with Gasteiger partial charge in [0.2, 0.25) is 0 Å². The molecule has 0 amide bonds. The number of halogens is 1. The fourth-order valence-electron chi connectivity index (χ4n) is 4.60. The zero-order valence-corrected chi connectivity index (χ0v) is 19.1. The minimum atomic E-state index is 0. The van der Waals surface area contributed by atoms with E-state index in [4.69, 9.17) is 9.72 Å². The lowest BCUT2D eigenvalue weighted by molar-refractivity contribution is 0.414. The van der Waals surface area contributed by atoms with E-state index in [1.165, 1.54) is 38.9 Å². The Labute approximate surface area is 189 Å². The predicted molar refractivity (Wildman–Crippen MR) is 130 cm³/mol. The molecule has 2 aromatic carbocycles. The molecule has 5 rings (SSSR count). The fraction of sp³-hybridized carbons (Fsp3) is 0.269. The first-order valence-electron chi connectivity index (χ1n) is 10.5. The molecule has 0 atom stereocenters. The summed E-state index contributed by atoms with van der Waals surface area (Å²) < 4.78 is 7.75. The van der Waals surface area contributed by atoms with Gasteiger partial charge in [-0.3, -0.25) is 0 Å². The molecule has 4 nitrogen and oxygen atoms in total. The van der Waals surface area contributed by atoms with Gasteiger partial charge >= 0.3 is 0 Å². The number of aryl methyl sites for hydroxylation is 1. The number of benzene rings is 2. The maximum absolute atomic E-state index is 5.32. The second-order valence-corrected chi connectivity index (χ2v) is 8.12. The number of nitrogens with zero attached hydrogens (tertiary/aromatic N) is 3. The van der Waals surface area contributed by atoms with E-state index in [9.17, 15) is 0 Å². The van der Waals surface area contributed by atoms with Crippen molar-refractivity contribution in [2.45, 2.75) is 33.4 Å². The molecule has 0 saturated carbocycles. The largest absolute Gasteiger partial charge is 0.497 e. The Balaban J connectivity index is 0.00000231. The van der Waals surface area contributed by atoms with Gasteiger partial charge in [0.1, 0.15) is 5.75 Å². The van der Waals surface area contributed by atoms with E-state index in [2.05, 4.69) is 65.8 Å². The number of hydrogen-bond donors (Lipinski definition) is 0. The number of fused-ring (bicyclic) bond motifs is 2. The number of ether oxygens (including phenoxy) is 1. The maximum Gasteiger partial charge on any atom is 0.153 e. The van der Waals surface area contributed by atoms with Gasteiger partial charge in [-0.1, -0.05) is 36.4 Å². The molecule has 0 saturated heterocycles. The van der Waals surface area contributed by atoms with E-state index in [0.29, 0.717) is 0 Å². The minimum absolute atomic E-state index is 0. The Kier molecular flexibility index (Phi) is 5.92. The van der Waals surface area contributed by atoms with Crippen molar-refractivity contribution in [3.05, 3.63) is 88.7 Å². The van der Waals surface area contributed by atoms with Crippen LogP contribution in [0.4, 0.5) is 5.82 Å². The predicted octanol–water partition coefficient (Wildman–Crippen LogP) is 5.69. The molecule has 0 unspecified atom stereocenters. The van der Waals surface area contributed by atoms with E-state index < -0.39 is 0 Å². The summed E-state index contributed by atoms with van der Waals surface area (Å²) in [5, 5.41) is 1.30. The molecule has 0 spiro atoms. The molecule has 5 heteroatoms. The van der Waals surface area contributed by atoms with Crippen molar-refractivity contribution in [1.82, 2.24) is 9.55 Å². The maximum atomic E-state index is 5.32. The van der Waals surface area contributed by atoms with Crippen LogP contribution < -0.4 is 9.64 Å². The van der Waals surface area contributed by atoms with Crippen LogP contribution in [0.25, 0.3) is 10.9 Å². The average Bonchev–Trinajstić information content (AvgIpc) is 3.04. The van der Waals surface area contributed by atoms with Gasteiger partial charge in [0, 0.05) is 36.9 Å². The summed E-state index contributed by atoms with van der Waals surface area (Å²) in [6.07, 6.45) is 3.02. The van der Waals surface area contributed by atoms with Crippen molar-refractivity contribution in [2.75, 3.05) is 18.6 Å². The molecule has 2 aromatic heterocycles. The van der Waals surface area contributed by atoms with Gasteiger partial charge in [0.05, 0.1) is 12.6 Å². The van der Waals surface area contributed by atoms with Crippen molar-refractivity contribution < 1.29 is 4.74 Å². The van der Waals surface area contributed by atoms with Crippen LogP contribution in [-0.4, -0.2) is 23.2 Å². The standard InChI is InChI=1S/C26H27N3O.ClH/c1-18-19(2)29(16-20-8-10-23(30-3)11-9-20)25-24(18)12-14-27-26(25)28-15-13-21-6-4-5-7-22(21)17-28;/h4-12,14H,13,15-17H2,1-3H3;1H. The third-order valence-corrected chi connectivity index (χ3v) is 6.46. The number of rotatable bonds is 4. The number of anilines is 1. The Morgan fingerprint density at radius 3 is 2.45 bits per heavy atom. The average molecular weight is 434 g/mol. The Morgan fingerprint density at radius 1 is 0.968 bits per heavy atom. The normalized spacial score (nSPS) is 13.1. The van der Waals surface area contributed by atoms with Crippen LogP contribution in [0.15, 0.2) is 60.8 Å². The van der Waals surface area contributed by atoms with Gasteiger partial charge in [-0.15, -0.1) is 12.4 Å². The summed E-state index contributed by atoms with van der Waals surface area (Å²) in [7, 11) is 1.71. The van der Waals surface area contributed by atoms with Crippen LogP contribution in [0.1, 0.15) is 27.9 Å².